The van der Waals surface area contributed by atoms with E-state index in [4.69, 9.17) is 0 Å². The second-order valence-electron chi connectivity index (χ2n) is 8.95. The molecule has 1 saturated heterocycles. The number of rotatable bonds is 6. The number of nitrogens with zero attached hydrogens (tertiary/aromatic N) is 2. The summed E-state index contributed by atoms with van der Waals surface area (Å²) in [4.78, 5) is 15.9. The van der Waals surface area contributed by atoms with Crippen LogP contribution in [0.25, 0.3) is 0 Å². The number of nitrogens with one attached hydrogen (secondary N) is 3. The molecular weight excluding hydrogens is 398 g/mol. The number of piperazine rings is 1. The average Bonchev–Trinajstić information content (AvgIpc) is 3.06. The summed E-state index contributed by atoms with van der Waals surface area (Å²) in [6.45, 7) is 10.00. The number of aromatic nitrogens is 2. The number of aryl methyl sites for hydroxylation is 2. The fourth-order valence-corrected chi connectivity index (χ4v) is 4.94. The minimum absolute atomic E-state index is 0.0744. The van der Waals surface area contributed by atoms with Crippen molar-refractivity contribution in [3.05, 3.63) is 83.2 Å². The van der Waals surface area contributed by atoms with Crippen LogP contribution in [-0.4, -0.2) is 47.9 Å². The first-order valence-corrected chi connectivity index (χ1v) is 11.6. The third-order valence-corrected chi connectivity index (χ3v) is 6.97. The Morgan fingerprint density at radius 2 is 1.41 bits per heavy atom. The normalized spacial score (nSPS) is 19.7. The zero-order valence-corrected chi connectivity index (χ0v) is 19.6. The van der Waals surface area contributed by atoms with Gasteiger partial charge in [0.15, 0.2) is 6.04 Å². The SMILES string of the molecule is Cc1nn(C)c(C)c1NC(=O)[C@@H](C)[NH+]1CC[NH+](C(c2ccccc2)c2ccccc2)CC1. The Hall–Kier alpha value is -2.96. The molecule has 0 saturated carbocycles. The van der Waals surface area contributed by atoms with Crippen molar-refractivity contribution in [1.29, 1.82) is 0 Å². The summed E-state index contributed by atoms with van der Waals surface area (Å²) in [7, 11) is 1.91. The van der Waals surface area contributed by atoms with Gasteiger partial charge in [-0.3, -0.25) is 9.48 Å². The number of hydrogen-bond acceptors (Lipinski definition) is 2. The first-order chi connectivity index (χ1) is 15.5. The van der Waals surface area contributed by atoms with E-state index in [2.05, 4.69) is 71.1 Å². The van der Waals surface area contributed by atoms with Gasteiger partial charge in [-0.1, -0.05) is 60.7 Å². The molecule has 1 aromatic heterocycles. The number of amides is 1. The van der Waals surface area contributed by atoms with E-state index >= 15 is 0 Å². The van der Waals surface area contributed by atoms with Gasteiger partial charge in [-0.25, -0.2) is 0 Å². The second kappa shape index (κ2) is 9.67. The molecule has 0 bridgehead atoms. The molecule has 2 heterocycles. The molecule has 1 aliphatic rings. The van der Waals surface area contributed by atoms with Gasteiger partial charge in [0.2, 0.25) is 0 Å². The van der Waals surface area contributed by atoms with Crippen LogP contribution in [-0.2, 0) is 11.8 Å². The number of hydrogen-bond donors (Lipinski definition) is 3. The van der Waals surface area contributed by atoms with Gasteiger partial charge >= 0.3 is 0 Å². The molecule has 3 N–H and O–H groups in total. The largest absolute Gasteiger partial charge is 0.318 e. The topological polar surface area (TPSA) is 55.8 Å². The Morgan fingerprint density at radius 1 is 0.906 bits per heavy atom. The Labute approximate surface area is 190 Å². The predicted octanol–water partition coefficient (Wildman–Crippen LogP) is 0.937. The Kier molecular flexibility index (Phi) is 6.72. The fourth-order valence-electron chi connectivity index (χ4n) is 4.94. The van der Waals surface area contributed by atoms with Gasteiger partial charge in [-0.15, -0.1) is 0 Å². The van der Waals surface area contributed by atoms with Crippen LogP contribution in [0.3, 0.4) is 0 Å². The summed E-state index contributed by atoms with van der Waals surface area (Å²) < 4.78 is 1.82. The number of benzene rings is 2. The molecule has 1 aliphatic heterocycles. The van der Waals surface area contributed by atoms with Gasteiger partial charge in [-0.05, 0) is 20.8 Å². The van der Waals surface area contributed by atoms with Crippen molar-refractivity contribution in [2.45, 2.75) is 32.9 Å². The summed E-state index contributed by atoms with van der Waals surface area (Å²) in [5.74, 6) is 0.0744. The minimum Gasteiger partial charge on any atom is -0.318 e. The molecule has 4 rings (SSSR count). The molecule has 1 amide bonds. The molecule has 3 aromatic rings. The van der Waals surface area contributed by atoms with E-state index in [0.29, 0.717) is 6.04 Å². The van der Waals surface area contributed by atoms with Gasteiger partial charge in [0, 0.05) is 18.2 Å². The van der Waals surface area contributed by atoms with Gasteiger partial charge < -0.3 is 15.1 Å². The third kappa shape index (κ3) is 4.61. The van der Waals surface area contributed by atoms with E-state index in [1.807, 2.05) is 32.5 Å². The maximum absolute atomic E-state index is 13.0. The molecule has 168 valence electrons. The smallest absolute Gasteiger partial charge is 0.282 e. The van der Waals surface area contributed by atoms with Gasteiger partial charge in [0.05, 0.1) is 17.1 Å². The van der Waals surface area contributed by atoms with E-state index < -0.39 is 0 Å². The lowest BCUT2D eigenvalue weighted by atomic mass is 9.96. The van der Waals surface area contributed by atoms with Gasteiger partial charge in [0.1, 0.15) is 32.2 Å². The second-order valence-corrected chi connectivity index (χ2v) is 8.95. The maximum Gasteiger partial charge on any atom is 0.282 e. The number of quaternary nitrogens is 2. The lowest BCUT2D eigenvalue weighted by Crippen LogP contribution is -3.30. The highest BCUT2D eigenvalue weighted by atomic mass is 16.2. The van der Waals surface area contributed by atoms with Crippen LogP contribution in [0.4, 0.5) is 5.69 Å². The molecule has 2 aromatic carbocycles. The van der Waals surface area contributed by atoms with Crippen molar-refractivity contribution in [3.8, 4) is 0 Å². The molecule has 0 spiro atoms. The van der Waals surface area contributed by atoms with Crippen LogP contribution in [0.2, 0.25) is 0 Å². The summed E-state index contributed by atoms with van der Waals surface area (Å²) in [5, 5.41) is 7.55. The number of anilines is 1. The molecule has 32 heavy (non-hydrogen) atoms. The Bertz CT molecular complexity index is 999. The van der Waals surface area contributed by atoms with E-state index in [0.717, 1.165) is 43.3 Å². The zero-order valence-electron chi connectivity index (χ0n) is 19.6. The predicted molar refractivity (Wildman–Crippen MR) is 127 cm³/mol. The number of carbonyl (C=O) groups is 1. The van der Waals surface area contributed by atoms with E-state index in [1.54, 1.807) is 4.90 Å². The van der Waals surface area contributed by atoms with E-state index in [-0.39, 0.29) is 11.9 Å². The lowest BCUT2D eigenvalue weighted by Gasteiger charge is -2.36. The molecule has 1 fully saturated rings. The maximum atomic E-state index is 13.0. The molecule has 0 radical (unpaired) electrons. The van der Waals surface area contributed by atoms with Crippen LogP contribution in [0.5, 0.6) is 0 Å². The van der Waals surface area contributed by atoms with Gasteiger partial charge in [-0.2, -0.15) is 5.10 Å². The zero-order chi connectivity index (χ0) is 22.7. The van der Waals surface area contributed by atoms with Crippen molar-refractivity contribution in [2.75, 3.05) is 31.5 Å². The summed E-state index contributed by atoms with van der Waals surface area (Å²) in [6, 6.07) is 21.8. The molecule has 6 heteroatoms. The van der Waals surface area contributed by atoms with E-state index in [1.165, 1.54) is 16.0 Å². The van der Waals surface area contributed by atoms with Crippen LogP contribution < -0.4 is 15.1 Å². The minimum atomic E-state index is -0.0949. The first-order valence-electron chi connectivity index (χ1n) is 11.6. The van der Waals surface area contributed by atoms with E-state index in [9.17, 15) is 4.79 Å². The first kappa shape index (κ1) is 22.2. The van der Waals surface area contributed by atoms with Crippen molar-refractivity contribution in [3.63, 3.8) is 0 Å². The third-order valence-electron chi connectivity index (χ3n) is 6.97. The summed E-state index contributed by atoms with van der Waals surface area (Å²) in [6.07, 6.45) is 0. The fraction of sp³-hybridized carbons (Fsp3) is 0.385. The molecule has 0 aliphatic carbocycles. The van der Waals surface area contributed by atoms with Crippen LogP contribution in [0.1, 0.15) is 35.5 Å². The van der Waals surface area contributed by atoms with Gasteiger partial charge in [0.25, 0.3) is 5.91 Å². The summed E-state index contributed by atoms with van der Waals surface area (Å²) >= 11 is 0. The monoisotopic (exact) mass is 433 g/mol. The lowest BCUT2D eigenvalue weighted by molar-refractivity contribution is -1.03. The van der Waals surface area contributed by atoms with Crippen molar-refractivity contribution < 1.29 is 14.6 Å². The highest BCUT2D eigenvalue weighted by Gasteiger charge is 2.35. The average molecular weight is 434 g/mol. The van der Waals surface area contributed by atoms with Crippen LogP contribution in [0, 0.1) is 13.8 Å². The quantitative estimate of drug-likeness (QED) is 0.542. The van der Waals surface area contributed by atoms with Crippen LogP contribution in [0.15, 0.2) is 60.7 Å². The Balaban J connectivity index is 1.43. The highest BCUT2D eigenvalue weighted by Crippen LogP contribution is 2.19. The van der Waals surface area contributed by atoms with Crippen molar-refractivity contribution in [2.24, 2.45) is 7.05 Å². The number of carbonyl (C=O) groups excluding carboxylic acids is 1. The molecule has 1 atom stereocenters. The molecule has 0 unspecified atom stereocenters. The van der Waals surface area contributed by atoms with Crippen molar-refractivity contribution in [1.82, 2.24) is 9.78 Å². The highest BCUT2D eigenvalue weighted by molar-refractivity contribution is 5.94. The summed E-state index contributed by atoms with van der Waals surface area (Å²) in [5.41, 5.74) is 5.40. The standard InChI is InChI=1S/C26H33N5O/c1-19-24(20(2)29(4)28-19)27-26(32)21(3)30-15-17-31(18-16-30)25(22-11-7-5-8-12-22)23-13-9-6-10-14-23/h5-14,21,25H,15-18H2,1-4H3,(H,27,32)/p+2/t21-/m1/s1. The molecular formula is C26H35N5O+2. The Morgan fingerprint density at radius 3 is 1.88 bits per heavy atom. The van der Waals surface area contributed by atoms with Crippen LogP contribution >= 0.6 is 0 Å². The van der Waals surface area contributed by atoms with Crippen molar-refractivity contribution >= 4 is 11.6 Å². The molecule has 6 nitrogen and oxygen atoms in total.